The van der Waals surface area contributed by atoms with Gasteiger partial charge in [0.25, 0.3) is 5.89 Å². The van der Waals surface area contributed by atoms with E-state index in [4.69, 9.17) is 9.26 Å². The number of methoxy groups -OCH3 is 1. The van der Waals surface area contributed by atoms with Crippen molar-refractivity contribution >= 4 is 29.0 Å². The van der Waals surface area contributed by atoms with Gasteiger partial charge in [-0.2, -0.15) is 16.3 Å². The Morgan fingerprint density at radius 1 is 1.38 bits per heavy atom. The molecular weight excluding hydrogens is 328 g/mol. The van der Waals surface area contributed by atoms with Crippen LogP contribution in [0.15, 0.2) is 45.6 Å². The monoisotopic (exact) mass is 342 g/mol. The normalized spacial score (nSPS) is 11.5. The van der Waals surface area contributed by atoms with Gasteiger partial charge in [0, 0.05) is 22.1 Å². The zero-order valence-electron chi connectivity index (χ0n) is 12.8. The Hall–Kier alpha value is -2.93. The number of carboxylic acid groups (broad SMARTS) is 1. The number of carboxylic acids is 1. The molecule has 24 heavy (non-hydrogen) atoms. The van der Waals surface area contributed by atoms with Crippen LogP contribution in [0, 0.1) is 0 Å². The van der Waals surface area contributed by atoms with E-state index in [1.54, 1.807) is 19.3 Å². The number of aromatic nitrogens is 2. The van der Waals surface area contributed by atoms with Crippen LogP contribution in [-0.2, 0) is 4.79 Å². The fourth-order valence-electron chi connectivity index (χ4n) is 2.19. The molecule has 0 radical (unpaired) electrons. The van der Waals surface area contributed by atoms with E-state index in [1.807, 2.05) is 35.0 Å². The summed E-state index contributed by atoms with van der Waals surface area (Å²) in [5.41, 5.74) is 1.99. The summed E-state index contributed by atoms with van der Waals surface area (Å²) >= 11 is 1.52. The molecule has 1 N–H and O–H groups in total. The van der Waals surface area contributed by atoms with Crippen LogP contribution in [0.2, 0.25) is 0 Å². The largest absolute Gasteiger partial charge is 0.496 e. The average molecular weight is 342 g/mol. The molecule has 2 aromatic heterocycles. The first-order chi connectivity index (χ1) is 11.7. The molecule has 7 heteroatoms. The average Bonchev–Trinajstić information content (AvgIpc) is 3.25. The summed E-state index contributed by atoms with van der Waals surface area (Å²) in [6.07, 6.45) is 1.46. The Kier molecular flexibility index (Phi) is 4.72. The van der Waals surface area contributed by atoms with E-state index in [2.05, 4.69) is 10.1 Å². The molecule has 0 amide bonds. The summed E-state index contributed by atoms with van der Waals surface area (Å²) in [7, 11) is 1.56. The molecule has 0 aliphatic carbocycles. The summed E-state index contributed by atoms with van der Waals surface area (Å²) in [6, 6.07) is 9.19. The van der Waals surface area contributed by atoms with Crippen LogP contribution in [0.1, 0.15) is 17.9 Å². The maximum Gasteiger partial charge on any atom is 0.308 e. The first-order valence-electron chi connectivity index (χ1n) is 7.09. The van der Waals surface area contributed by atoms with Crippen molar-refractivity contribution in [1.82, 2.24) is 10.1 Å². The minimum atomic E-state index is -0.980. The van der Waals surface area contributed by atoms with E-state index in [1.165, 1.54) is 11.3 Å². The van der Waals surface area contributed by atoms with Crippen molar-refractivity contribution in [3.8, 4) is 17.1 Å². The first kappa shape index (κ1) is 15.9. The van der Waals surface area contributed by atoms with Crippen LogP contribution < -0.4 is 4.74 Å². The van der Waals surface area contributed by atoms with Crippen LogP contribution in [0.3, 0.4) is 0 Å². The molecule has 0 saturated heterocycles. The van der Waals surface area contributed by atoms with Gasteiger partial charge in [-0.3, -0.25) is 4.79 Å². The number of aliphatic carboxylic acids is 1. The Labute approximate surface area is 142 Å². The second kappa shape index (κ2) is 7.10. The minimum absolute atomic E-state index is 0.185. The lowest BCUT2D eigenvalue weighted by Gasteiger charge is -2.05. The van der Waals surface area contributed by atoms with Gasteiger partial charge >= 0.3 is 5.97 Å². The third kappa shape index (κ3) is 3.52. The number of rotatable bonds is 6. The van der Waals surface area contributed by atoms with Crippen molar-refractivity contribution in [1.29, 1.82) is 0 Å². The van der Waals surface area contributed by atoms with E-state index in [9.17, 15) is 9.90 Å². The van der Waals surface area contributed by atoms with Crippen LogP contribution in [-0.4, -0.2) is 28.3 Å². The van der Waals surface area contributed by atoms with Gasteiger partial charge in [-0.1, -0.05) is 23.4 Å². The quantitative estimate of drug-likeness (QED) is 0.733. The lowest BCUT2D eigenvalue weighted by molar-refractivity contribution is -0.135. The van der Waals surface area contributed by atoms with E-state index >= 15 is 0 Å². The molecule has 3 rings (SSSR count). The molecule has 1 aromatic carbocycles. The van der Waals surface area contributed by atoms with Crippen LogP contribution in [0.25, 0.3) is 23.0 Å². The summed E-state index contributed by atoms with van der Waals surface area (Å²) in [4.78, 5) is 15.5. The zero-order chi connectivity index (χ0) is 16.9. The van der Waals surface area contributed by atoms with E-state index in [0.29, 0.717) is 17.1 Å². The first-order valence-corrected chi connectivity index (χ1v) is 8.03. The molecule has 0 fully saturated rings. The summed E-state index contributed by atoms with van der Waals surface area (Å²) in [5.74, 6) is 0.275. The highest BCUT2D eigenvalue weighted by Crippen LogP contribution is 2.27. The Balaban J connectivity index is 2.01. The van der Waals surface area contributed by atoms with Crippen LogP contribution in [0.5, 0.6) is 5.75 Å². The highest BCUT2D eigenvalue weighted by Gasteiger charge is 2.17. The van der Waals surface area contributed by atoms with Crippen molar-refractivity contribution in [2.24, 2.45) is 0 Å². The fraction of sp³-hybridized carbons (Fsp3) is 0.118. The predicted molar refractivity (Wildman–Crippen MR) is 90.7 cm³/mol. The molecule has 0 aliphatic rings. The SMILES string of the molecule is COc1ccccc1/C=C(\CC(=O)O)c1nc(-c2ccsc2)no1. The molecule has 0 aliphatic heterocycles. The number of nitrogens with zero attached hydrogens (tertiary/aromatic N) is 2. The molecular formula is C17H14N2O4S. The van der Waals surface area contributed by atoms with Gasteiger partial charge in [0.1, 0.15) is 5.75 Å². The van der Waals surface area contributed by atoms with Crippen molar-refractivity contribution < 1.29 is 19.2 Å². The Morgan fingerprint density at radius 2 is 2.21 bits per heavy atom. The number of carbonyl (C=O) groups is 1. The number of thiophene rings is 1. The summed E-state index contributed by atoms with van der Waals surface area (Å²) in [6.45, 7) is 0. The van der Waals surface area contributed by atoms with Gasteiger partial charge < -0.3 is 14.4 Å². The smallest absolute Gasteiger partial charge is 0.308 e. The molecule has 0 unspecified atom stereocenters. The predicted octanol–water partition coefficient (Wildman–Crippen LogP) is 3.82. The lowest BCUT2D eigenvalue weighted by Crippen LogP contribution is -1.98. The molecule has 0 bridgehead atoms. The van der Waals surface area contributed by atoms with Gasteiger partial charge in [-0.25, -0.2) is 0 Å². The highest BCUT2D eigenvalue weighted by molar-refractivity contribution is 7.08. The van der Waals surface area contributed by atoms with Crippen molar-refractivity contribution in [3.63, 3.8) is 0 Å². The molecule has 3 aromatic rings. The number of hydrogen-bond acceptors (Lipinski definition) is 6. The van der Waals surface area contributed by atoms with E-state index < -0.39 is 5.97 Å². The minimum Gasteiger partial charge on any atom is -0.496 e. The van der Waals surface area contributed by atoms with Crippen LogP contribution >= 0.6 is 11.3 Å². The third-order valence-corrected chi connectivity index (χ3v) is 3.97. The zero-order valence-corrected chi connectivity index (χ0v) is 13.6. The maximum atomic E-state index is 11.2. The number of ether oxygens (including phenoxy) is 1. The summed E-state index contributed by atoms with van der Waals surface area (Å²) in [5, 5.41) is 16.9. The van der Waals surface area contributed by atoms with Gasteiger partial charge in [0.2, 0.25) is 5.82 Å². The third-order valence-electron chi connectivity index (χ3n) is 3.29. The Bertz CT molecular complexity index is 868. The highest BCUT2D eigenvalue weighted by atomic mass is 32.1. The van der Waals surface area contributed by atoms with Crippen molar-refractivity contribution in [2.45, 2.75) is 6.42 Å². The van der Waals surface area contributed by atoms with Gasteiger partial charge in [0.05, 0.1) is 13.5 Å². The number of para-hydroxylation sites is 1. The van der Waals surface area contributed by atoms with Crippen LogP contribution in [0.4, 0.5) is 0 Å². The van der Waals surface area contributed by atoms with Gasteiger partial charge in [-0.05, 0) is 23.6 Å². The second-order valence-corrected chi connectivity index (χ2v) is 5.70. The molecule has 6 nitrogen and oxygen atoms in total. The number of hydrogen-bond donors (Lipinski definition) is 1. The van der Waals surface area contributed by atoms with Gasteiger partial charge in [0.15, 0.2) is 0 Å². The molecule has 0 saturated carbocycles. The topological polar surface area (TPSA) is 85.5 Å². The standard InChI is InChI=1S/C17H14N2O4S/c1-22-14-5-3-2-4-11(14)8-13(9-15(20)21)17-18-16(19-23-17)12-6-7-24-10-12/h2-8,10H,9H2,1H3,(H,20,21)/b13-8+. The van der Waals surface area contributed by atoms with E-state index in [0.717, 1.165) is 11.1 Å². The molecule has 0 atom stereocenters. The molecule has 0 spiro atoms. The number of benzene rings is 1. The van der Waals surface area contributed by atoms with Crippen molar-refractivity contribution in [3.05, 3.63) is 52.5 Å². The fourth-order valence-corrected chi connectivity index (χ4v) is 2.82. The molecule has 122 valence electrons. The maximum absolute atomic E-state index is 11.2. The summed E-state index contributed by atoms with van der Waals surface area (Å²) < 4.78 is 10.6. The second-order valence-electron chi connectivity index (χ2n) is 4.92. The van der Waals surface area contributed by atoms with Gasteiger partial charge in [-0.15, -0.1) is 0 Å². The lowest BCUT2D eigenvalue weighted by atomic mass is 10.1. The van der Waals surface area contributed by atoms with Crippen molar-refractivity contribution in [2.75, 3.05) is 7.11 Å². The van der Waals surface area contributed by atoms with E-state index in [-0.39, 0.29) is 12.3 Å². The Morgan fingerprint density at radius 3 is 2.92 bits per heavy atom. The molecule has 2 heterocycles.